The van der Waals surface area contributed by atoms with Gasteiger partial charge in [0.25, 0.3) is 0 Å². The van der Waals surface area contributed by atoms with Gasteiger partial charge in [-0.05, 0) is 24.6 Å². The van der Waals surface area contributed by atoms with Gasteiger partial charge >= 0.3 is 0 Å². The van der Waals surface area contributed by atoms with Gasteiger partial charge in [0.2, 0.25) is 5.91 Å². The van der Waals surface area contributed by atoms with Crippen molar-refractivity contribution in [2.45, 2.75) is 25.9 Å². The molecule has 5 heteroatoms. The van der Waals surface area contributed by atoms with E-state index in [9.17, 15) is 4.79 Å². The van der Waals surface area contributed by atoms with Gasteiger partial charge in [0.05, 0.1) is 12.6 Å². The lowest BCUT2D eigenvalue weighted by atomic mass is 10.1. The number of ether oxygens (including phenoxy) is 1. The molecule has 1 aromatic rings. The summed E-state index contributed by atoms with van der Waals surface area (Å²) in [5.41, 5.74) is 7.47. The van der Waals surface area contributed by atoms with Gasteiger partial charge in [0.15, 0.2) is 0 Å². The molecule has 0 spiro atoms. The molecule has 0 saturated heterocycles. The maximum Gasteiger partial charge on any atom is 0.234 e. The first-order valence-electron chi connectivity index (χ1n) is 5.54. The van der Waals surface area contributed by atoms with Crippen LogP contribution in [0.15, 0.2) is 16.6 Å². The molecule has 1 amide bonds. The predicted octanol–water partition coefficient (Wildman–Crippen LogP) is 1.35. The molecule has 0 saturated carbocycles. The SMILES string of the molecule is CC(NCc1cc(Br)cc2c1OCC2)C(N)=O. The average molecular weight is 299 g/mol. The summed E-state index contributed by atoms with van der Waals surface area (Å²) < 4.78 is 6.63. The summed E-state index contributed by atoms with van der Waals surface area (Å²) in [4.78, 5) is 10.9. The minimum atomic E-state index is -0.349. The number of hydrogen-bond acceptors (Lipinski definition) is 3. The third-order valence-electron chi connectivity index (χ3n) is 2.85. The van der Waals surface area contributed by atoms with Crippen LogP contribution in [0.2, 0.25) is 0 Å². The van der Waals surface area contributed by atoms with Crippen molar-refractivity contribution in [3.63, 3.8) is 0 Å². The van der Waals surface area contributed by atoms with Crippen LogP contribution in [0.5, 0.6) is 5.75 Å². The molecule has 2 rings (SSSR count). The number of carbonyl (C=O) groups excluding carboxylic acids is 1. The Morgan fingerprint density at radius 3 is 3.12 bits per heavy atom. The van der Waals surface area contributed by atoms with Crippen molar-refractivity contribution in [2.24, 2.45) is 5.73 Å². The first-order chi connectivity index (χ1) is 8.08. The first-order valence-corrected chi connectivity index (χ1v) is 6.34. The Morgan fingerprint density at radius 2 is 2.41 bits per heavy atom. The van der Waals surface area contributed by atoms with E-state index < -0.39 is 0 Å². The van der Waals surface area contributed by atoms with Crippen molar-refractivity contribution in [1.29, 1.82) is 0 Å². The number of nitrogens with two attached hydrogens (primary N) is 1. The van der Waals surface area contributed by atoms with Crippen molar-refractivity contribution >= 4 is 21.8 Å². The zero-order chi connectivity index (χ0) is 12.4. The highest BCUT2D eigenvalue weighted by molar-refractivity contribution is 9.10. The molecule has 1 aliphatic rings. The average Bonchev–Trinajstić information content (AvgIpc) is 2.72. The van der Waals surface area contributed by atoms with Crippen molar-refractivity contribution in [3.05, 3.63) is 27.7 Å². The second kappa shape index (κ2) is 5.06. The van der Waals surface area contributed by atoms with Crippen LogP contribution in [0.3, 0.4) is 0 Å². The van der Waals surface area contributed by atoms with E-state index in [1.807, 2.05) is 6.07 Å². The van der Waals surface area contributed by atoms with Crippen LogP contribution in [0.1, 0.15) is 18.1 Å². The number of amides is 1. The fourth-order valence-electron chi connectivity index (χ4n) is 1.84. The molecule has 17 heavy (non-hydrogen) atoms. The maximum atomic E-state index is 10.9. The Labute approximate surface area is 109 Å². The smallest absolute Gasteiger partial charge is 0.234 e. The quantitative estimate of drug-likeness (QED) is 0.882. The molecule has 1 aliphatic heterocycles. The van der Waals surface area contributed by atoms with Crippen molar-refractivity contribution in [2.75, 3.05) is 6.61 Å². The summed E-state index contributed by atoms with van der Waals surface area (Å²) in [7, 11) is 0. The first kappa shape index (κ1) is 12.4. The van der Waals surface area contributed by atoms with Gasteiger partial charge in [-0.2, -0.15) is 0 Å². The Kier molecular flexibility index (Phi) is 3.69. The number of hydrogen-bond donors (Lipinski definition) is 2. The van der Waals surface area contributed by atoms with Crippen LogP contribution in [0, 0.1) is 0 Å². The number of primary amides is 1. The van der Waals surface area contributed by atoms with Crippen LogP contribution in [-0.2, 0) is 17.8 Å². The maximum absolute atomic E-state index is 10.9. The molecule has 1 aromatic carbocycles. The lowest BCUT2D eigenvalue weighted by Gasteiger charge is -2.13. The number of rotatable bonds is 4. The number of benzene rings is 1. The second-order valence-corrected chi connectivity index (χ2v) is 5.07. The monoisotopic (exact) mass is 298 g/mol. The molecule has 4 nitrogen and oxygen atoms in total. The van der Waals surface area contributed by atoms with Crippen molar-refractivity contribution in [3.8, 4) is 5.75 Å². The van der Waals surface area contributed by atoms with E-state index in [0.29, 0.717) is 6.54 Å². The van der Waals surface area contributed by atoms with Gasteiger partial charge in [-0.1, -0.05) is 15.9 Å². The zero-order valence-corrected chi connectivity index (χ0v) is 11.2. The van der Waals surface area contributed by atoms with E-state index >= 15 is 0 Å². The summed E-state index contributed by atoms with van der Waals surface area (Å²) in [6, 6.07) is 3.74. The Morgan fingerprint density at radius 1 is 1.65 bits per heavy atom. The Hall–Kier alpha value is -1.07. The fourth-order valence-corrected chi connectivity index (χ4v) is 2.39. The number of fused-ring (bicyclic) bond motifs is 1. The summed E-state index contributed by atoms with van der Waals surface area (Å²) in [5, 5.41) is 3.08. The van der Waals surface area contributed by atoms with E-state index in [1.165, 1.54) is 5.56 Å². The molecular weight excluding hydrogens is 284 g/mol. The van der Waals surface area contributed by atoms with Crippen molar-refractivity contribution in [1.82, 2.24) is 5.32 Å². The summed E-state index contributed by atoms with van der Waals surface area (Å²) in [6.45, 7) is 3.05. The molecule has 0 fully saturated rings. The largest absolute Gasteiger partial charge is 0.493 e. The van der Waals surface area contributed by atoms with Crippen LogP contribution < -0.4 is 15.8 Å². The van der Waals surface area contributed by atoms with Crippen LogP contribution in [0.4, 0.5) is 0 Å². The summed E-state index contributed by atoms with van der Waals surface area (Å²) >= 11 is 3.48. The van der Waals surface area contributed by atoms with Gasteiger partial charge in [-0.15, -0.1) is 0 Å². The van der Waals surface area contributed by atoms with E-state index in [0.717, 1.165) is 28.8 Å². The molecule has 0 radical (unpaired) electrons. The van der Waals surface area contributed by atoms with E-state index in [4.69, 9.17) is 10.5 Å². The molecule has 1 heterocycles. The highest BCUT2D eigenvalue weighted by Gasteiger charge is 2.18. The lowest BCUT2D eigenvalue weighted by molar-refractivity contribution is -0.119. The summed E-state index contributed by atoms with van der Waals surface area (Å²) in [6.07, 6.45) is 0.938. The zero-order valence-electron chi connectivity index (χ0n) is 9.63. The highest BCUT2D eigenvalue weighted by Crippen LogP contribution is 2.32. The van der Waals surface area contributed by atoms with Crippen LogP contribution >= 0.6 is 15.9 Å². The van der Waals surface area contributed by atoms with Gasteiger partial charge in [-0.25, -0.2) is 0 Å². The van der Waals surface area contributed by atoms with E-state index in [2.05, 4.69) is 27.3 Å². The van der Waals surface area contributed by atoms with Gasteiger partial charge in [-0.3, -0.25) is 4.79 Å². The van der Waals surface area contributed by atoms with Crippen LogP contribution in [-0.4, -0.2) is 18.6 Å². The lowest BCUT2D eigenvalue weighted by Crippen LogP contribution is -2.38. The molecule has 0 aromatic heterocycles. The van der Waals surface area contributed by atoms with Gasteiger partial charge in [0.1, 0.15) is 5.75 Å². The topological polar surface area (TPSA) is 64.3 Å². The Bertz CT molecular complexity index is 448. The van der Waals surface area contributed by atoms with E-state index in [-0.39, 0.29) is 11.9 Å². The fraction of sp³-hybridized carbons (Fsp3) is 0.417. The van der Waals surface area contributed by atoms with Gasteiger partial charge in [0, 0.05) is 23.0 Å². The number of carbonyl (C=O) groups is 1. The minimum absolute atomic E-state index is 0.342. The number of halogens is 1. The number of nitrogens with one attached hydrogen (secondary N) is 1. The van der Waals surface area contributed by atoms with Crippen LogP contribution in [0.25, 0.3) is 0 Å². The van der Waals surface area contributed by atoms with Crippen molar-refractivity contribution < 1.29 is 9.53 Å². The molecule has 0 bridgehead atoms. The third-order valence-corrected chi connectivity index (χ3v) is 3.31. The molecule has 1 unspecified atom stereocenters. The molecular formula is C12H15BrN2O2. The standard InChI is InChI=1S/C12H15BrN2O2/c1-7(12(14)16)15-6-9-5-10(13)4-8-2-3-17-11(8)9/h4-5,7,15H,2-3,6H2,1H3,(H2,14,16). The molecule has 0 aliphatic carbocycles. The van der Waals surface area contributed by atoms with E-state index in [1.54, 1.807) is 6.92 Å². The minimum Gasteiger partial charge on any atom is -0.493 e. The predicted molar refractivity (Wildman–Crippen MR) is 68.8 cm³/mol. The highest BCUT2D eigenvalue weighted by atomic mass is 79.9. The normalized spacial score (nSPS) is 15.2. The van der Waals surface area contributed by atoms with Gasteiger partial charge < -0.3 is 15.8 Å². The third kappa shape index (κ3) is 2.79. The Balaban J connectivity index is 2.13. The molecule has 3 N–H and O–H groups in total. The molecule has 92 valence electrons. The summed E-state index contributed by atoms with van der Waals surface area (Å²) in [5.74, 6) is 0.593. The molecule has 1 atom stereocenters. The second-order valence-electron chi connectivity index (χ2n) is 4.16.